The number of nitrogens with zero attached hydrogens (tertiary/aromatic N) is 2. The summed E-state index contributed by atoms with van der Waals surface area (Å²) in [5.74, 6) is -0.283. The van der Waals surface area contributed by atoms with E-state index in [0.717, 1.165) is 25.0 Å². The van der Waals surface area contributed by atoms with Crippen molar-refractivity contribution < 1.29 is 14.3 Å². The molecule has 1 N–H and O–H groups in total. The Kier molecular flexibility index (Phi) is 5.68. The number of aromatic nitrogens is 1. The number of hydrogen-bond acceptors (Lipinski definition) is 4. The van der Waals surface area contributed by atoms with Crippen LogP contribution in [0.4, 0.5) is 0 Å². The van der Waals surface area contributed by atoms with Crippen LogP contribution >= 0.6 is 0 Å². The molecule has 1 aromatic heterocycles. The minimum atomic E-state index is -0.158. The van der Waals surface area contributed by atoms with E-state index in [1.807, 2.05) is 12.1 Å². The van der Waals surface area contributed by atoms with Gasteiger partial charge >= 0.3 is 0 Å². The molecule has 2 rings (SSSR count). The molecule has 1 aliphatic heterocycles. The highest BCUT2D eigenvalue weighted by Gasteiger charge is 2.18. The zero-order valence-electron chi connectivity index (χ0n) is 12.2. The van der Waals surface area contributed by atoms with Crippen LogP contribution < -0.4 is 5.32 Å². The Morgan fingerprint density at radius 1 is 1.43 bits per heavy atom. The summed E-state index contributed by atoms with van der Waals surface area (Å²) < 4.78 is 5.45. The average Bonchev–Trinajstić information content (AvgIpc) is 2.99. The van der Waals surface area contributed by atoms with Crippen LogP contribution in [-0.2, 0) is 20.9 Å². The van der Waals surface area contributed by atoms with Gasteiger partial charge in [-0.3, -0.25) is 14.6 Å². The number of carbonyl (C=O) groups is 2. The molecule has 6 heteroatoms. The van der Waals surface area contributed by atoms with Gasteiger partial charge in [0.1, 0.15) is 0 Å². The fourth-order valence-electron chi connectivity index (χ4n) is 2.25. The predicted molar refractivity (Wildman–Crippen MR) is 77.3 cm³/mol. The van der Waals surface area contributed by atoms with Crippen molar-refractivity contribution in [3.63, 3.8) is 0 Å². The fraction of sp³-hybridized carbons (Fsp3) is 0.533. The van der Waals surface area contributed by atoms with Gasteiger partial charge in [-0.2, -0.15) is 0 Å². The summed E-state index contributed by atoms with van der Waals surface area (Å²) in [7, 11) is 0. The molecule has 0 spiro atoms. The standard InChI is InChI=1S/C15H21N3O3/c1-12(19)18(10-13-4-6-16-7-5-13)11-15(20)17-9-14-3-2-8-21-14/h4-7,14H,2-3,8-11H2,1H3,(H,17,20). The molecule has 0 aromatic carbocycles. The normalized spacial score (nSPS) is 17.5. The highest BCUT2D eigenvalue weighted by molar-refractivity contribution is 5.83. The van der Waals surface area contributed by atoms with Crippen LogP contribution in [0.2, 0.25) is 0 Å². The summed E-state index contributed by atoms with van der Waals surface area (Å²) in [6.07, 6.45) is 5.48. The average molecular weight is 291 g/mol. The number of carbonyl (C=O) groups excluding carboxylic acids is 2. The van der Waals surface area contributed by atoms with E-state index >= 15 is 0 Å². The second-order valence-corrected chi connectivity index (χ2v) is 5.17. The van der Waals surface area contributed by atoms with Crippen molar-refractivity contribution in [1.29, 1.82) is 0 Å². The first kappa shape index (κ1) is 15.4. The lowest BCUT2D eigenvalue weighted by Gasteiger charge is -2.21. The first-order valence-corrected chi connectivity index (χ1v) is 7.18. The summed E-state index contributed by atoms with van der Waals surface area (Å²) in [4.78, 5) is 29.0. The lowest BCUT2D eigenvalue weighted by molar-refractivity contribution is -0.135. The van der Waals surface area contributed by atoms with Crippen molar-refractivity contribution in [2.24, 2.45) is 0 Å². The van der Waals surface area contributed by atoms with Gasteiger partial charge in [0, 0.05) is 39.0 Å². The Bertz CT molecular complexity index is 472. The third-order valence-electron chi connectivity index (χ3n) is 3.45. The highest BCUT2D eigenvalue weighted by atomic mass is 16.5. The lowest BCUT2D eigenvalue weighted by atomic mass is 10.2. The Hall–Kier alpha value is -1.95. The van der Waals surface area contributed by atoms with Gasteiger partial charge in [-0.05, 0) is 30.5 Å². The maximum atomic E-state index is 11.9. The lowest BCUT2D eigenvalue weighted by Crippen LogP contribution is -2.41. The number of pyridine rings is 1. The van der Waals surface area contributed by atoms with E-state index in [1.54, 1.807) is 12.4 Å². The van der Waals surface area contributed by atoms with Crippen molar-refractivity contribution in [1.82, 2.24) is 15.2 Å². The van der Waals surface area contributed by atoms with Crippen LogP contribution in [0, 0.1) is 0 Å². The third kappa shape index (κ3) is 5.15. The summed E-state index contributed by atoms with van der Waals surface area (Å²) in [5, 5.41) is 2.83. The summed E-state index contributed by atoms with van der Waals surface area (Å²) in [6, 6.07) is 3.67. The van der Waals surface area contributed by atoms with E-state index < -0.39 is 0 Å². The number of hydrogen-bond donors (Lipinski definition) is 1. The quantitative estimate of drug-likeness (QED) is 0.838. The number of rotatable bonds is 6. The monoisotopic (exact) mass is 291 g/mol. The van der Waals surface area contributed by atoms with Gasteiger partial charge in [0.2, 0.25) is 11.8 Å². The molecule has 0 aliphatic carbocycles. The molecular formula is C15H21N3O3. The Morgan fingerprint density at radius 2 is 2.19 bits per heavy atom. The van der Waals surface area contributed by atoms with Gasteiger partial charge in [0.25, 0.3) is 0 Å². The molecule has 114 valence electrons. The van der Waals surface area contributed by atoms with Crippen molar-refractivity contribution in [2.45, 2.75) is 32.4 Å². The molecule has 1 fully saturated rings. The van der Waals surface area contributed by atoms with Crippen molar-refractivity contribution in [3.8, 4) is 0 Å². The van der Waals surface area contributed by atoms with Gasteiger partial charge in [-0.1, -0.05) is 0 Å². The Labute approximate surface area is 124 Å². The van der Waals surface area contributed by atoms with E-state index in [-0.39, 0.29) is 24.5 Å². The van der Waals surface area contributed by atoms with Gasteiger partial charge < -0.3 is 15.0 Å². The third-order valence-corrected chi connectivity index (χ3v) is 3.45. The molecule has 0 radical (unpaired) electrons. The van der Waals surface area contributed by atoms with E-state index in [2.05, 4.69) is 10.3 Å². The van der Waals surface area contributed by atoms with Crippen molar-refractivity contribution >= 4 is 11.8 Å². The maximum absolute atomic E-state index is 11.9. The molecule has 21 heavy (non-hydrogen) atoms. The molecule has 6 nitrogen and oxygen atoms in total. The number of ether oxygens (including phenoxy) is 1. The smallest absolute Gasteiger partial charge is 0.239 e. The van der Waals surface area contributed by atoms with Gasteiger partial charge in [-0.15, -0.1) is 0 Å². The molecule has 2 heterocycles. The van der Waals surface area contributed by atoms with E-state index in [1.165, 1.54) is 11.8 Å². The molecule has 0 saturated carbocycles. The molecule has 1 saturated heterocycles. The fourth-order valence-corrected chi connectivity index (χ4v) is 2.25. The number of amides is 2. The van der Waals surface area contributed by atoms with Crippen LogP contribution in [0.3, 0.4) is 0 Å². The SMILES string of the molecule is CC(=O)N(CC(=O)NCC1CCCO1)Cc1ccncc1. The second kappa shape index (κ2) is 7.73. The molecule has 0 bridgehead atoms. The molecular weight excluding hydrogens is 270 g/mol. The molecule has 1 atom stereocenters. The minimum Gasteiger partial charge on any atom is -0.376 e. The van der Waals surface area contributed by atoms with Crippen LogP contribution in [0.1, 0.15) is 25.3 Å². The van der Waals surface area contributed by atoms with Crippen LogP contribution in [0.5, 0.6) is 0 Å². The minimum absolute atomic E-state index is 0.0599. The molecule has 1 unspecified atom stereocenters. The maximum Gasteiger partial charge on any atom is 0.239 e. The topological polar surface area (TPSA) is 71.5 Å². The van der Waals surface area contributed by atoms with Crippen molar-refractivity contribution in [3.05, 3.63) is 30.1 Å². The van der Waals surface area contributed by atoms with Crippen LogP contribution in [-0.4, -0.2) is 47.5 Å². The zero-order valence-corrected chi connectivity index (χ0v) is 12.2. The van der Waals surface area contributed by atoms with E-state index in [9.17, 15) is 9.59 Å². The number of nitrogens with one attached hydrogen (secondary N) is 1. The van der Waals surface area contributed by atoms with Crippen LogP contribution in [0.25, 0.3) is 0 Å². The zero-order chi connectivity index (χ0) is 15.1. The molecule has 2 amide bonds. The summed E-state index contributed by atoms with van der Waals surface area (Å²) >= 11 is 0. The van der Waals surface area contributed by atoms with Gasteiger partial charge in [0.05, 0.1) is 12.6 Å². The highest BCUT2D eigenvalue weighted by Crippen LogP contribution is 2.10. The Balaban J connectivity index is 1.81. The van der Waals surface area contributed by atoms with Gasteiger partial charge in [0.15, 0.2) is 0 Å². The first-order valence-electron chi connectivity index (χ1n) is 7.18. The van der Waals surface area contributed by atoms with E-state index in [0.29, 0.717) is 13.1 Å². The second-order valence-electron chi connectivity index (χ2n) is 5.17. The van der Waals surface area contributed by atoms with Crippen molar-refractivity contribution in [2.75, 3.05) is 19.7 Å². The largest absolute Gasteiger partial charge is 0.376 e. The summed E-state index contributed by atoms with van der Waals surface area (Å²) in [6.45, 7) is 3.21. The van der Waals surface area contributed by atoms with Gasteiger partial charge in [-0.25, -0.2) is 0 Å². The molecule has 1 aliphatic rings. The predicted octanol–water partition coefficient (Wildman–Crippen LogP) is 0.725. The van der Waals surface area contributed by atoms with E-state index in [4.69, 9.17) is 4.74 Å². The molecule has 1 aromatic rings. The Morgan fingerprint density at radius 3 is 2.81 bits per heavy atom. The van der Waals surface area contributed by atoms with Crippen LogP contribution in [0.15, 0.2) is 24.5 Å². The summed E-state index contributed by atoms with van der Waals surface area (Å²) in [5.41, 5.74) is 0.951. The first-order chi connectivity index (χ1) is 10.1.